The van der Waals surface area contributed by atoms with E-state index in [0.717, 1.165) is 13.0 Å². The summed E-state index contributed by atoms with van der Waals surface area (Å²) in [6, 6.07) is 8.77. The molecule has 0 aliphatic rings. The second-order valence-electron chi connectivity index (χ2n) is 6.97. The topological polar surface area (TPSA) is 9.23 Å². The summed E-state index contributed by atoms with van der Waals surface area (Å²) in [4.78, 5) is 0. The Bertz CT molecular complexity index is 390. The van der Waals surface area contributed by atoms with E-state index in [9.17, 15) is 0 Å². The molecule has 108 valence electrons. The fourth-order valence-corrected chi connectivity index (χ4v) is 4.43. The molecule has 0 atom stereocenters. The van der Waals surface area contributed by atoms with Gasteiger partial charge in [-0.3, -0.25) is 0 Å². The Morgan fingerprint density at radius 1 is 1.11 bits per heavy atom. The maximum absolute atomic E-state index is 6.33. The Morgan fingerprint density at radius 2 is 1.63 bits per heavy atom. The van der Waals surface area contributed by atoms with Crippen LogP contribution in [-0.2, 0) is 10.8 Å². The molecule has 0 amide bonds. The molecule has 0 saturated heterocycles. The Hall–Kier alpha value is -0.603. The lowest BCUT2D eigenvalue weighted by molar-refractivity contribution is 0.270. The molecule has 0 aliphatic heterocycles. The second kappa shape index (κ2) is 6.23. The van der Waals surface area contributed by atoms with E-state index in [2.05, 4.69) is 72.0 Å². The van der Waals surface area contributed by atoms with Crippen molar-refractivity contribution < 1.29 is 4.43 Å². The average molecular weight is 279 g/mol. The standard InChI is InChI=1S/C17H30OSi/c1-14(2)17(4,5)19(6,7)18-13-12-16-10-8-15(3)9-11-16/h8-11,14H,12-13H2,1-7H3. The van der Waals surface area contributed by atoms with E-state index < -0.39 is 8.32 Å². The smallest absolute Gasteiger partial charge is 0.192 e. The minimum absolute atomic E-state index is 0.306. The highest BCUT2D eigenvalue weighted by molar-refractivity contribution is 6.74. The van der Waals surface area contributed by atoms with Crippen molar-refractivity contribution in [3.05, 3.63) is 35.4 Å². The highest BCUT2D eigenvalue weighted by atomic mass is 28.4. The molecule has 0 bridgehead atoms. The third-order valence-electron chi connectivity index (χ3n) is 4.97. The van der Waals surface area contributed by atoms with E-state index >= 15 is 0 Å². The number of benzene rings is 1. The summed E-state index contributed by atoms with van der Waals surface area (Å²) in [5, 5.41) is 0.306. The summed E-state index contributed by atoms with van der Waals surface area (Å²) in [7, 11) is -1.66. The minimum atomic E-state index is -1.66. The first kappa shape index (κ1) is 16.5. The van der Waals surface area contributed by atoms with Crippen LogP contribution in [0.15, 0.2) is 24.3 Å². The zero-order valence-electron chi connectivity index (χ0n) is 13.7. The molecule has 1 nitrogen and oxygen atoms in total. The van der Waals surface area contributed by atoms with Gasteiger partial charge in [-0.2, -0.15) is 0 Å². The van der Waals surface area contributed by atoms with E-state index in [0.29, 0.717) is 11.0 Å². The van der Waals surface area contributed by atoms with Crippen LogP contribution in [0.5, 0.6) is 0 Å². The third-order valence-corrected chi connectivity index (χ3v) is 9.58. The van der Waals surface area contributed by atoms with Crippen molar-refractivity contribution in [2.75, 3.05) is 6.61 Å². The fraction of sp³-hybridized carbons (Fsp3) is 0.647. The fourth-order valence-electron chi connectivity index (χ4n) is 2.06. The molecule has 0 spiro atoms. The van der Waals surface area contributed by atoms with Gasteiger partial charge in [-0.1, -0.05) is 57.5 Å². The van der Waals surface area contributed by atoms with Crippen molar-refractivity contribution >= 4 is 8.32 Å². The van der Waals surface area contributed by atoms with Crippen LogP contribution in [0, 0.1) is 12.8 Å². The molecule has 19 heavy (non-hydrogen) atoms. The van der Waals surface area contributed by atoms with Gasteiger partial charge in [0.1, 0.15) is 0 Å². The molecule has 0 N–H and O–H groups in total. The maximum atomic E-state index is 6.33. The third kappa shape index (κ3) is 4.18. The minimum Gasteiger partial charge on any atom is -0.416 e. The van der Waals surface area contributed by atoms with Crippen molar-refractivity contribution in [2.24, 2.45) is 5.92 Å². The molecule has 0 aliphatic carbocycles. The molecule has 1 aromatic carbocycles. The molecule has 0 fully saturated rings. The number of hydrogen-bond donors (Lipinski definition) is 0. The van der Waals surface area contributed by atoms with Gasteiger partial charge in [-0.05, 0) is 43.0 Å². The molecule has 1 aromatic rings. The summed E-state index contributed by atoms with van der Waals surface area (Å²) in [5.74, 6) is 0.661. The van der Waals surface area contributed by atoms with Gasteiger partial charge in [0, 0.05) is 6.61 Å². The molecular formula is C17H30OSi. The molecule has 2 heteroatoms. The molecule has 1 rings (SSSR count). The van der Waals surface area contributed by atoms with Crippen LogP contribution in [0.25, 0.3) is 0 Å². The lowest BCUT2D eigenvalue weighted by atomic mass is 9.99. The lowest BCUT2D eigenvalue weighted by Gasteiger charge is -2.42. The molecule has 0 radical (unpaired) electrons. The zero-order valence-corrected chi connectivity index (χ0v) is 14.7. The van der Waals surface area contributed by atoms with Crippen molar-refractivity contribution in [3.63, 3.8) is 0 Å². The zero-order chi connectivity index (χ0) is 14.7. The van der Waals surface area contributed by atoms with Gasteiger partial charge in [0.05, 0.1) is 0 Å². The normalized spacial score (nSPS) is 13.1. The first-order valence-electron chi connectivity index (χ1n) is 7.36. The van der Waals surface area contributed by atoms with Gasteiger partial charge in [0.25, 0.3) is 0 Å². The predicted molar refractivity (Wildman–Crippen MR) is 87.2 cm³/mol. The van der Waals surface area contributed by atoms with Crippen LogP contribution in [0.4, 0.5) is 0 Å². The van der Waals surface area contributed by atoms with Crippen LogP contribution < -0.4 is 0 Å². The molecule has 0 unspecified atom stereocenters. The van der Waals surface area contributed by atoms with Gasteiger partial charge >= 0.3 is 0 Å². The van der Waals surface area contributed by atoms with Crippen molar-refractivity contribution in [1.29, 1.82) is 0 Å². The van der Waals surface area contributed by atoms with Gasteiger partial charge in [0.15, 0.2) is 8.32 Å². The largest absolute Gasteiger partial charge is 0.416 e. The van der Waals surface area contributed by atoms with Crippen LogP contribution >= 0.6 is 0 Å². The highest BCUT2D eigenvalue weighted by Crippen LogP contribution is 2.44. The predicted octanol–water partition coefficient (Wildman–Crippen LogP) is 5.20. The Kier molecular flexibility index (Phi) is 5.40. The van der Waals surface area contributed by atoms with E-state index in [1.165, 1.54) is 11.1 Å². The number of aryl methyl sites for hydroxylation is 1. The number of rotatable bonds is 6. The van der Waals surface area contributed by atoms with E-state index in [1.807, 2.05) is 0 Å². The van der Waals surface area contributed by atoms with Crippen molar-refractivity contribution in [3.8, 4) is 0 Å². The van der Waals surface area contributed by atoms with Gasteiger partial charge in [-0.25, -0.2) is 0 Å². The van der Waals surface area contributed by atoms with Gasteiger partial charge in [-0.15, -0.1) is 0 Å². The van der Waals surface area contributed by atoms with E-state index in [4.69, 9.17) is 4.43 Å². The summed E-state index contributed by atoms with van der Waals surface area (Å²) < 4.78 is 6.33. The summed E-state index contributed by atoms with van der Waals surface area (Å²) in [6.07, 6.45) is 1.02. The first-order chi connectivity index (χ1) is 8.67. The van der Waals surface area contributed by atoms with Crippen LogP contribution in [0.2, 0.25) is 18.1 Å². The van der Waals surface area contributed by atoms with Crippen molar-refractivity contribution in [2.45, 2.75) is 59.2 Å². The summed E-state index contributed by atoms with van der Waals surface area (Å²) in [6.45, 7) is 17.0. The van der Waals surface area contributed by atoms with E-state index in [1.54, 1.807) is 0 Å². The average Bonchev–Trinajstić information content (AvgIpc) is 2.31. The van der Waals surface area contributed by atoms with Crippen LogP contribution in [0.3, 0.4) is 0 Å². The highest BCUT2D eigenvalue weighted by Gasteiger charge is 2.42. The Labute approximate surface area is 120 Å². The Morgan fingerprint density at radius 3 is 2.11 bits per heavy atom. The molecule has 0 saturated carbocycles. The van der Waals surface area contributed by atoms with Gasteiger partial charge < -0.3 is 4.43 Å². The second-order valence-corrected chi connectivity index (χ2v) is 11.6. The number of hydrogen-bond acceptors (Lipinski definition) is 1. The Balaban J connectivity index is 2.54. The molecule has 0 aromatic heterocycles. The van der Waals surface area contributed by atoms with Gasteiger partial charge in [0.2, 0.25) is 0 Å². The summed E-state index contributed by atoms with van der Waals surface area (Å²) in [5.41, 5.74) is 2.69. The quantitative estimate of drug-likeness (QED) is 0.650. The van der Waals surface area contributed by atoms with E-state index in [-0.39, 0.29) is 0 Å². The SMILES string of the molecule is Cc1ccc(CCO[Si](C)(C)C(C)(C)C(C)C)cc1. The monoisotopic (exact) mass is 278 g/mol. The lowest BCUT2D eigenvalue weighted by Crippen LogP contribution is -2.45. The van der Waals surface area contributed by atoms with Crippen LogP contribution in [-0.4, -0.2) is 14.9 Å². The van der Waals surface area contributed by atoms with Crippen LogP contribution in [0.1, 0.15) is 38.8 Å². The molecule has 0 heterocycles. The first-order valence-corrected chi connectivity index (χ1v) is 10.3. The summed E-state index contributed by atoms with van der Waals surface area (Å²) >= 11 is 0. The van der Waals surface area contributed by atoms with Crippen molar-refractivity contribution in [1.82, 2.24) is 0 Å². The maximum Gasteiger partial charge on any atom is 0.192 e. The molecular weight excluding hydrogens is 248 g/mol.